The van der Waals surface area contributed by atoms with Crippen molar-refractivity contribution in [3.05, 3.63) is 0 Å². The minimum atomic E-state index is -0.249. The zero-order valence-corrected chi connectivity index (χ0v) is 11.8. The van der Waals surface area contributed by atoms with Gasteiger partial charge in [-0.25, -0.2) is 0 Å². The normalized spacial score (nSPS) is 12.9. The van der Waals surface area contributed by atoms with Crippen molar-refractivity contribution in [2.24, 2.45) is 5.73 Å². The Kier molecular flexibility index (Phi) is 10.2. The Morgan fingerprint density at radius 2 is 1.53 bits per heavy atom. The maximum Gasteiger partial charge on any atom is 0.234 e. The summed E-state index contributed by atoms with van der Waals surface area (Å²) in [5, 5.41) is 3.36. The van der Waals surface area contributed by atoms with E-state index in [2.05, 4.69) is 19.2 Å². The molecule has 0 heterocycles. The van der Waals surface area contributed by atoms with E-state index in [0.29, 0.717) is 6.04 Å². The number of primary amides is 1. The molecule has 1 amide bonds. The van der Waals surface area contributed by atoms with Crippen LogP contribution in [0.25, 0.3) is 0 Å². The van der Waals surface area contributed by atoms with E-state index in [1.807, 2.05) is 6.92 Å². The highest BCUT2D eigenvalue weighted by Gasteiger charge is 2.14. The summed E-state index contributed by atoms with van der Waals surface area (Å²) in [6.45, 7) is 6.28. The molecule has 0 saturated carbocycles. The molecule has 0 spiro atoms. The minimum absolute atomic E-state index is 0.205. The average molecular weight is 242 g/mol. The summed E-state index contributed by atoms with van der Waals surface area (Å²) in [7, 11) is 0. The number of nitrogens with two attached hydrogens (primary N) is 1. The van der Waals surface area contributed by atoms with Crippen LogP contribution in [0.15, 0.2) is 0 Å². The van der Waals surface area contributed by atoms with Gasteiger partial charge in [0.2, 0.25) is 5.91 Å². The van der Waals surface area contributed by atoms with Gasteiger partial charge in [0.25, 0.3) is 0 Å². The standard InChI is InChI=1S/C14H30N2O/c1-4-6-8-10-13(11-9-7-5-2)16-12(3)14(15)17/h12-13,16H,4-11H2,1-3H3,(H2,15,17). The van der Waals surface area contributed by atoms with Crippen LogP contribution < -0.4 is 11.1 Å². The van der Waals surface area contributed by atoms with Crippen LogP contribution in [-0.4, -0.2) is 18.0 Å². The summed E-state index contributed by atoms with van der Waals surface area (Å²) < 4.78 is 0. The summed E-state index contributed by atoms with van der Waals surface area (Å²) in [5.41, 5.74) is 5.29. The number of hydrogen-bond donors (Lipinski definition) is 2. The summed E-state index contributed by atoms with van der Waals surface area (Å²) in [6.07, 6.45) is 9.84. The second kappa shape index (κ2) is 10.6. The molecule has 0 bridgehead atoms. The fraction of sp³-hybridized carbons (Fsp3) is 0.929. The number of carbonyl (C=O) groups excluding carboxylic acids is 1. The van der Waals surface area contributed by atoms with Gasteiger partial charge in [-0.1, -0.05) is 52.4 Å². The Balaban J connectivity index is 3.95. The van der Waals surface area contributed by atoms with E-state index >= 15 is 0 Å². The van der Waals surface area contributed by atoms with Crippen LogP contribution in [0.1, 0.15) is 72.1 Å². The van der Waals surface area contributed by atoms with E-state index < -0.39 is 0 Å². The van der Waals surface area contributed by atoms with Gasteiger partial charge >= 0.3 is 0 Å². The van der Waals surface area contributed by atoms with Crippen molar-refractivity contribution in [3.63, 3.8) is 0 Å². The Hall–Kier alpha value is -0.570. The van der Waals surface area contributed by atoms with Crippen LogP contribution in [-0.2, 0) is 4.79 Å². The molecule has 3 nitrogen and oxygen atoms in total. The molecule has 0 saturated heterocycles. The summed E-state index contributed by atoms with van der Waals surface area (Å²) in [6, 6.07) is 0.249. The molecule has 1 atom stereocenters. The van der Waals surface area contributed by atoms with E-state index in [1.165, 1.54) is 38.5 Å². The molecule has 0 aromatic heterocycles. The van der Waals surface area contributed by atoms with Crippen LogP contribution >= 0.6 is 0 Å². The highest BCUT2D eigenvalue weighted by atomic mass is 16.1. The quantitative estimate of drug-likeness (QED) is 0.547. The molecule has 1 unspecified atom stereocenters. The highest BCUT2D eigenvalue weighted by Crippen LogP contribution is 2.11. The Bertz CT molecular complexity index is 185. The Labute approximate surface area is 107 Å². The van der Waals surface area contributed by atoms with E-state index in [0.717, 1.165) is 12.8 Å². The number of amides is 1. The third-order valence-electron chi connectivity index (χ3n) is 3.22. The van der Waals surface area contributed by atoms with Gasteiger partial charge in [0, 0.05) is 6.04 Å². The molecular formula is C14H30N2O. The van der Waals surface area contributed by atoms with Crippen LogP contribution in [0.2, 0.25) is 0 Å². The van der Waals surface area contributed by atoms with Gasteiger partial charge in [0.15, 0.2) is 0 Å². The van der Waals surface area contributed by atoms with E-state index in [-0.39, 0.29) is 11.9 Å². The lowest BCUT2D eigenvalue weighted by molar-refractivity contribution is -0.119. The molecule has 0 aliphatic rings. The van der Waals surface area contributed by atoms with Crippen molar-refractivity contribution in [1.82, 2.24) is 5.32 Å². The lowest BCUT2D eigenvalue weighted by Crippen LogP contribution is -2.44. The molecule has 0 aromatic carbocycles. The predicted molar refractivity (Wildman–Crippen MR) is 73.9 cm³/mol. The van der Waals surface area contributed by atoms with Crippen LogP contribution in [0.4, 0.5) is 0 Å². The molecule has 3 N–H and O–H groups in total. The maximum atomic E-state index is 11.1. The third-order valence-corrected chi connectivity index (χ3v) is 3.22. The van der Waals surface area contributed by atoms with Crippen molar-refractivity contribution in [2.45, 2.75) is 84.2 Å². The second-order valence-electron chi connectivity index (χ2n) is 4.98. The molecule has 3 heteroatoms. The molecule has 0 aromatic rings. The monoisotopic (exact) mass is 242 g/mol. The molecule has 0 aliphatic heterocycles. The van der Waals surface area contributed by atoms with Gasteiger partial charge in [-0.3, -0.25) is 4.79 Å². The summed E-state index contributed by atoms with van der Waals surface area (Å²) >= 11 is 0. The Morgan fingerprint density at radius 1 is 1.06 bits per heavy atom. The summed E-state index contributed by atoms with van der Waals surface area (Å²) in [4.78, 5) is 11.1. The summed E-state index contributed by atoms with van der Waals surface area (Å²) in [5.74, 6) is -0.249. The van der Waals surface area contributed by atoms with Gasteiger partial charge in [-0.05, 0) is 19.8 Å². The predicted octanol–water partition coefficient (Wildman–Crippen LogP) is 2.98. The van der Waals surface area contributed by atoms with Crippen molar-refractivity contribution < 1.29 is 4.79 Å². The van der Waals surface area contributed by atoms with Gasteiger partial charge in [0.05, 0.1) is 6.04 Å². The molecule has 0 rings (SSSR count). The fourth-order valence-corrected chi connectivity index (χ4v) is 2.03. The van der Waals surface area contributed by atoms with Gasteiger partial charge in [-0.2, -0.15) is 0 Å². The van der Waals surface area contributed by atoms with Gasteiger partial charge in [-0.15, -0.1) is 0 Å². The first-order chi connectivity index (χ1) is 8.11. The molecule has 102 valence electrons. The number of hydrogen-bond acceptors (Lipinski definition) is 2. The van der Waals surface area contributed by atoms with Gasteiger partial charge in [0.1, 0.15) is 0 Å². The van der Waals surface area contributed by atoms with Crippen LogP contribution in [0.5, 0.6) is 0 Å². The lowest BCUT2D eigenvalue weighted by atomic mass is 10.0. The van der Waals surface area contributed by atoms with Crippen molar-refractivity contribution >= 4 is 5.91 Å². The molecule has 0 radical (unpaired) electrons. The topological polar surface area (TPSA) is 55.1 Å². The minimum Gasteiger partial charge on any atom is -0.368 e. The third kappa shape index (κ3) is 9.16. The number of nitrogens with one attached hydrogen (secondary N) is 1. The smallest absolute Gasteiger partial charge is 0.234 e. The first-order valence-corrected chi connectivity index (χ1v) is 7.17. The zero-order chi connectivity index (χ0) is 13.1. The molecule has 0 fully saturated rings. The van der Waals surface area contributed by atoms with E-state index in [1.54, 1.807) is 0 Å². The first-order valence-electron chi connectivity index (χ1n) is 7.17. The van der Waals surface area contributed by atoms with Crippen molar-refractivity contribution in [2.75, 3.05) is 0 Å². The number of carbonyl (C=O) groups is 1. The first kappa shape index (κ1) is 16.4. The lowest BCUT2D eigenvalue weighted by Gasteiger charge is -2.21. The number of rotatable bonds is 11. The average Bonchev–Trinajstić information content (AvgIpc) is 2.29. The number of unbranched alkanes of at least 4 members (excludes halogenated alkanes) is 4. The van der Waals surface area contributed by atoms with E-state index in [4.69, 9.17) is 5.73 Å². The van der Waals surface area contributed by atoms with Crippen molar-refractivity contribution in [1.29, 1.82) is 0 Å². The van der Waals surface area contributed by atoms with Gasteiger partial charge < -0.3 is 11.1 Å². The maximum absolute atomic E-state index is 11.1. The zero-order valence-electron chi connectivity index (χ0n) is 11.8. The molecule has 0 aliphatic carbocycles. The fourth-order valence-electron chi connectivity index (χ4n) is 2.03. The second-order valence-corrected chi connectivity index (χ2v) is 4.98. The van der Waals surface area contributed by atoms with E-state index in [9.17, 15) is 4.79 Å². The molecule has 17 heavy (non-hydrogen) atoms. The van der Waals surface area contributed by atoms with Crippen molar-refractivity contribution in [3.8, 4) is 0 Å². The SMILES string of the molecule is CCCCCC(CCCCC)NC(C)C(N)=O. The highest BCUT2D eigenvalue weighted by molar-refractivity contribution is 5.79. The molecular weight excluding hydrogens is 212 g/mol. The van der Waals surface area contributed by atoms with Crippen LogP contribution in [0.3, 0.4) is 0 Å². The Morgan fingerprint density at radius 3 is 1.88 bits per heavy atom. The largest absolute Gasteiger partial charge is 0.368 e. The van der Waals surface area contributed by atoms with Crippen LogP contribution in [0, 0.1) is 0 Å².